The molecule has 0 N–H and O–H groups in total. The molecule has 1 heterocycles. The van der Waals surface area contributed by atoms with E-state index in [-0.39, 0.29) is 6.61 Å². The van der Waals surface area contributed by atoms with Crippen LogP contribution >= 0.6 is 11.6 Å². The molecule has 1 aromatic rings. The van der Waals surface area contributed by atoms with Crippen molar-refractivity contribution in [3.63, 3.8) is 0 Å². The minimum Gasteiger partial charge on any atom is -0.463 e. The number of halogens is 1. The van der Waals surface area contributed by atoms with E-state index >= 15 is 0 Å². The number of nitriles is 1. The predicted octanol–water partition coefficient (Wildman–Crippen LogP) is 2.24. The van der Waals surface area contributed by atoms with E-state index in [0.717, 1.165) is 5.56 Å². The van der Waals surface area contributed by atoms with Crippen molar-refractivity contribution in [3.8, 4) is 6.07 Å². The number of benzene rings is 1. The van der Waals surface area contributed by atoms with Crippen molar-refractivity contribution in [2.45, 2.75) is 18.6 Å². The zero-order chi connectivity index (χ0) is 12.5. The largest absolute Gasteiger partial charge is 0.463 e. The Hall–Kier alpha value is -1.57. The first-order valence-corrected chi connectivity index (χ1v) is 5.53. The van der Waals surface area contributed by atoms with Gasteiger partial charge in [0.25, 0.3) is 5.60 Å². The summed E-state index contributed by atoms with van der Waals surface area (Å²) >= 11 is 5.76. The van der Waals surface area contributed by atoms with Crippen LogP contribution in [0.5, 0.6) is 0 Å². The van der Waals surface area contributed by atoms with Crippen LogP contribution in [0.2, 0.25) is 5.02 Å². The summed E-state index contributed by atoms with van der Waals surface area (Å²) in [7, 11) is 0. The highest BCUT2D eigenvalue weighted by Gasteiger charge is 2.66. The fourth-order valence-corrected chi connectivity index (χ4v) is 1.74. The molecule has 0 spiro atoms. The molecular weight excluding hydrogens is 242 g/mol. The van der Waals surface area contributed by atoms with E-state index in [1.807, 2.05) is 6.07 Å². The smallest absolute Gasteiger partial charge is 0.356 e. The summed E-state index contributed by atoms with van der Waals surface area (Å²) in [5.74, 6) is -0.637. The lowest BCUT2D eigenvalue weighted by Gasteiger charge is -2.03. The third kappa shape index (κ3) is 1.99. The second-order valence-electron chi connectivity index (χ2n) is 3.62. The van der Waals surface area contributed by atoms with E-state index in [1.54, 1.807) is 31.2 Å². The molecule has 2 rings (SSSR count). The van der Waals surface area contributed by atoms with Crippen LogP contribution < -0.4 is 0 Å². The average molecular weight is 252 g/mol. The van der Waals surface area contributed by atoms with Gasteiger partial charge < -0.3 is 9.47 Å². The van der Waals surface area contributed by atoms with Gasteiger partial charge in [-0.25, -0.2) is 4.79 Å². The molecule has 0 amide bonds. The van der Waals surface area contributed by atoms with Crippen molar-refractivity contribution in [2.24, 2.45) is 0 Å². The molecule has 1 aliphatic rings. The summed E-state index contributed by atoms with van der Waals surface area (Å²) < 4.78 is 10.0. The van der Waals surface area contributed by atoms with Gasteiger partial charge in [0.2, 0.25) is 0 Å². The molecule has 1 aromatic carbocycles. The molecule has 0 aliphatic carbocycles. The SMILES string of the molecule is CCOC(=O)C1(C#N)OC1c1ccc(Cl)cc1. The molecule has 5 heteroatoms. The number of esters is 1. The summed E-state index contributed by atoms with van der Waals surface area (Å²) in [6, 6.07) is 8.70. The lowest BCUT2D eigenvalue weighted by Crippen LogP contribution is -2.26. The molecule has 0 saturated carbocycles. The van der Waals surface area contributed by atoms with E-state index in [4.69, 9.17) is 26.3 Å². The number of nitrogens with zero attached hydrogens (tertiary/aromatic N) is 1. The van der Waals surface area contributed by atoms with E-state index in [9.17, 15) is 4.79 Å². The summed E-state index contributed by atoms with van der Waals surface area (Å²) in [6.45, 7) is 1.90. The Kier molecular flexibility index (Phi) is 3.05. The van der Waals surface area contributed by atoms with Gasteiger partial charge in [-0.3, -0.25) is 0 Å². The lowest BCUT2D eigenvalue weighted by atomic mass is 10.0. The van der Waals surface area contributed by atoms with Gasteiger partial charge in [0.1, 0.15) is 12.2 Å². The molecule has 2 atom stereocenters. The first-order chi connectivity index (χ1) is 8.14. The molecule has 0 bridgehead atoms. The molecule has 1 aliphatic heterocycles. The Balaban J connectivity index is 2.19. The fourth-order valence-electron chi connectivity index (χ4n) is 1.62. The number of carbonyl (C=O) groups is 1. The number of hydrogen-bond donors (Lipinski definition) is 0. The average Bonchev–Trinajstić information content (AvgIpc) is 3.06. The van der Waals surface area contributed by atoms with Crippen LogP contribution in [-0.4, -0.2) is 18.2 Å². The Morgan fingerprint density at radius 2 is 2.24 bits per heavy atom. The highest BCUT2D eigenvalue weighted by molar-refractivity contribution is 6.30. The lowest BCUT2D eigenvalue weighted by molar-refractivity contribution is -0.147. The second kappa shape index (κ2) is 4.36. The van der Waals surface area contributed by atoms with Gasteiger partial charge in [0.15, 0.2) is 0 Å². The van der Waals surface area contributed by atoms with Gasteiger partial charge in [-0.15, -0.1) is 0 Å². The molecule has 17 heavy (non-hydrogen) atoms. The predicted molar refractivity (Wildman–Crippen MR) is 60.3 cm³/mol. The highest BCUT2D eigenvalue weighted by Crippen LogP contribution is 2.50. The third-order valence-corrected chi connectivity index (χ3v) is 2.79. The zero-order valence-corrected chi connectivity index (χ0v) is 9.90. The normalized spacial score (nSPS) is 26.1. The van der Waals surface area contributed by atoms with Gasteiger partial charge in [0.05, 0.1) is 6.61 Å². The molecule has 1 saturated heterocycles. The first kappa shape index (κ1) is 11.9. The van der Waals surface area contributed by atoms with E-state index < -0.39 is 17.7 Å². The maximum absolute atomic E-state index is 11.6. The third-order valence-electron chi connectivity index (χ3n) is 2.53. The van der Waals surface area contributed by atoms with Crippen molar-refractivity contribution in [3.05, 3.63) is 34.9 Å². The van der Waals surface area contributed by atoms with Crippen molar-refractivity contribution in [2.75, 3.05) is 6.61 Å². The minimum atomic E-state index is -1.48. The Labute approximate surface area is 104 Å². The summed E-state index contributed by atoms with van der Waals surface area (Å²) in [4.78, 5) is 11.6. The molecule has 88 valence electrons. The van der Waals surface area contributed by atoms with Gasteiger partial charge >= 0.3 is 5.97 Å². The summed E-state index contributed by atoms with van der Waals surface area (Å²) in [5.41, 5.74) is -0.742. The van der Waals surface area contributed by atoms with Crippen molar-refractivity contribution >= 4 is 17.6 Å². The topological polar surface area (TPSA) is 62.6 Å². The molecule has 0 radical (unpaired) electrons. The Morgan fingerprint density at radius 3 is 2.76 bits per heavy atom. The highest BCUT2D eigenvalue weighted by atomic mass is 35.5. The summed E-state index contributed by atoms with van der Waals surface area (Å²) in [6.07, 6.45) is -0.566. The number of hydrogen-bond acceptors (Lipinski definition) is 4. The van der Waals surface area contributed by atoms with Crippen molar-refractivity contribution < 1.29 is 14.3 Å². The molecule has 2 unspecified atom stereocenters. The number of epoxide rings is 1. The Morgan fingerprint density at radius 1 is 1.59 bits per heavy atom. The van der Waals surface area contributed by atoms with Crippen LogP contribution in [0.15, 0.2) is 24.3 Å². The van der Waals surface area contributed by atoms with Crippen molar-refractivity contribution in [1.29, 1.82) is 5.26 Å². The van der Waals surface area contributed by atoms with Gasteiger partial charge in [-0.2, -0.15) is 5.26 Å². The van der Waals surface area contributed by atoms with Gasteiger partial charge in [0, 0.05) is 5.02 Å². The van der Waals surface area contributed by atoms with Crippen LogP contribution in [0, 0.1) is 11.3 Å². The van der Waals surface area contributed by atoms with Crippen LogP contribution in [0.25, 0.3) is 0 Å². The van der Waals surface area contributed by atoms with Crippen LogP contribution in [-0.2, 0) is 14.3 Å². The van der Waals surface area contributed by atoms with E-state index in [0.29, 0.717) is 5.02 Å². The standard InChI is InChI=1S/C12H10ClNO3/c1-2-16-11(15)12(7-14)10(17-12)8-3-5-9(13)6-4-8/h3-6,10H,2H2,1H3. The number of rotatable bonds is 3. The van der Waals surface area contributed by atoms with Crippen molar-refractivity contribution in [1.82, 2.24) is 0 Å². The molecular formula is C12H10ClNO3. The van der Waals surface area contributed by atoms with E-state index in [2.05, 4.69) is 0 Å². The summed E-state index contributed by atoms with van der Waals surface area (Å²) in [5, 5.41) is 9.63. The zero-order valence-electron chi connectivity index (χ0n) is 9.14. The maximum Gasteiger partial charge on any atom is 0.356 e. The Bertz CT molecular complexity index is 480. The molecule has 0 aromatic heterocycles. The van der Waals surface area contributed by atoms with E-state index in [1.165, 1.54) is 0 Å². The molecule has 4 nitrogen and oxygen atoms in total. The second-order valence-corrected chi connectivity index (χ2v) is 4.05. The van der Waals surface area contributed by atoms with Gasteiger partial charge in [-0.05, 0) is 24.6 Å². The number of ether oxygens (including phenoxy) is 2. The monoisotopic (exact) mass is 251 g/mol. The quantitative estimate of drug-likeness (QED) is 0.611. The van der Waals surface area contributed by atoms with Gasteiger partial charge in [-0.1, -0.05) is 23.7 Å². The van der Waals surface area contributed by atoms with Crippen LogP contribution in [0.4, 0.5) is 0 Å². The first-order valence-electron chi connectivity index (χ1n) is 5.16. The fraction of sp³-hybridized carbons (Fsp3) is 0.333. The maximum atomic E-state index is 11.6. The van der Waals surface area contributed by atoms with Crippen LogP contribution in [0.3, 0.4) is 0 Å². The minimum absolute atomic E-state index is 0.221. The molecule has 1 fully saturated rings. The number of carbonyl (C=O) groups excluding carboxylic acids is 1. The van der Waals surface area contributed by atoms with Crippen LogP contribution in [0.1, 0.15) is 18.6 Å².